The predicted molar refractivity (Wildman–Crippen MR) is 156 cm³/mol. The van der Waals surface area contributed by atoms with Crippen LogP contribution >= 0.6 is 0 Å². The number of piperazine rings is 1. The van der Waals surface area contributed by atoms with Crippen molar-refractivity contribution in [2.24, 2.45) is 0 Å². The molecule has 1 amide bonds. The van der Waals surface area contributed by atoms with E-state index in [0.29, 0.717) is 18.7 Å². The van der Waals surface area contributed by atoms with E-state index in [9.17, 15) is 4.79 Å². The normalized spacial score (nSPS) is 15.0. The third kappa shape index (κ3) is 5.15. The average molecular weight is 533 g/mol. The predicted octanol–water partition coefficient (Wildman–Crippen LogP) is 6.24. The van der Waals surface area contributed by atoms with Crippen molar-refractivity contribution in [3.63, 3.8) is 0 Å². The maximum atomic E-state index is 15.1. The van der Waals surface area contributed by atoms with Crippen LogP contribution in [0.15, 0.2) is 109 Å². The quantitative estimate of drug-likeness (QED) is 0.249. The molecule has 0 saturated carbocycles. The minimum Gasteiger partial charge on any atom is -0.340 e. The molecular formula is C34H33FN4O. The highest BCUT2D eigenvalue weighted by atomic mass is 19.1. The molecule has 5 nitrogen and oxygen atoms in total. The summed E-state index contributed by atoms with van der Waals surface area (Å²) < 4.78 is 17.2. The van der Waals surface area contributed by atoms with Crippen molar-refractivity contribution in [1.82, 2.24) is 19.2 Å². The number of aryl methyl sites for hydroxylation is 1. The Kier molecular flexibility index (Phi) is 7.43. The SMILES string of the molecule is Cc1cccc2ncc(C(CC(=O)N3CCN(C(c4ccccc4)c4ccccc4)CC3)c3ccccc3F)n12. The van der Waals surface area contributed by atoms with E-state index in [2.05, 4.69) is 58.4 Å². The van der Waals surface area contributed by atoms with Gasteiger partial charge in [0.05, 0.1) is 11.7 Å². The van der Waals surface area contributed by atoms with Crippen molar-refractivity contribution in [1.29, 1.82) is 0 Å². The molecule has 5 aromatic rings. The van der Waals surface area contributed by atoms with Crippen LogP contribution in [0, 0.1) is 12.7 Å². The smallest absolute Gasteiger partial charge is 0.223 e. The highest BCUT2D eigenvalue weighted by molar-refractivity contribution is 5.78. The number of imidazole rings is 1. The summed E-state index contributed by atoms with van der Waals surface area (Å²) in [4.78, 5) is 22.7. The number of halogens is 1. The van der Waals surface area contributed by atoms with Gasteiger partial charge in [0.15, 0.2) is 0 Å². The zero-order valence-electron chi connectivity index (χ0n) is 22.7. The zero-order chi connectivity index (χ0) is 27.5. The third-order valence-electron chi connectivity index (χ3n) is 8.03. The number of hydrogen-bond donors (Lipinski definition) is 0. The largest absolute Gasteiger partial charge is 0.340 e. The van der Waals surface area contributed by atoms with E-state index in [1.54, 1.807) is 18.3 Å². The highest BCUT2D eigenvalue weighted by Gasteiger charge is 2.31. The van der Waals surface area contributed by atoms with E-state index in [-0.39, 0.29) is 24.2 Å². The van der Waals surface area contributed by atoms with E-state index in [1.165, 1.54) is 17.2 Å². The second-order valence-electron chi connectivity index (χ2n) is 10.5. The molecule has 0 spiro atoms. The molecule has 1 aliphatic rings. The maximum absolute atomic E-state index is 15.1. The molecule has 3 aromatic carbocycles. The van der Waals surface area contributed by atoms with Crippen LogP contribution in [0.1, 0.15) is 46.5 Å². The fourth-order valence-corrected chi connectivity index (χ4v) is 6.03. The molecule has 1 unspecified atom stereocenters. The van der Waals surface area contributed by atoms with Crippen LogP contribution in [0.3, 0.4) is 0 Å². The molecule has 3 heterocycles. The average Bonchev–Trinajstić information content (AvgIpc) is 3.43. The zero-order valence-corrected chi connectivity index (χ0v) is 22.7. The lowest BCUT2D eigenvalue weighted by Crippen LogP contribution is -2.50. The van der Waals surface area contributed by atoms with E-state index < -0.39 is 5.92 Å². The Hall–Kier alpha value is -4.29. The van der Waals surface area contributed by atoms with Gasteiger partial charge in [-0.1, -0.05) is 84.9 Å². The molecule has 1 atom stereocenters. The molecule has 1 saturated heterocycles. The number of hydrogen-bond acceptors (Lipinski definition) is 3. The lowest BCUT2D eigenvalue weighted by Gasteiger charge is -2.40. The van der Waals surface area contributed by atoms with Crippen LogP contribution in [0.25, 0.3) is 5.65 Å². The molecule has 0 N–H and O–H groups in total. The van der Waals surface area contributed by atoms with Gasteiger partial charge in [-0.05, 0) is 41.8 Å². The number of aromatic nitrogens is 2. The van der Waals surface area contributed by atoms with Gasteiger partial charge in [0.2, 0.25) is 5.91 Å². The summed E-state index contributed by atoms with van der Waals surface area (Å²) in [6.45, 7) is 4.79. The van der Waals surface area contributed by atoms with E-state index in [1.807, 2.05) is 52.6 Å². The summed E-state index contributed by atoms with van der Waals surface area (Å²) in [6.07, 6.45) is 1.97. The number of carbonyl (C=O) groups is 1. The van der Waals surface area contributed by atoms with Crippen molar-refractivity contribution >= 4 is 11.6 Å². The Morgan fingerprint density at radius 2 is 1.43 bits per heavy atom. The first-order valence-corrected chi connectivity index (χ1v) is 13.9. The Bertz CT molecular complexity index is 1550. The number of fused-ring (bicyclic) bond motifs is 1. The van der Waals surface area contributed by atoms with Crippen molar-refractivity contribution < 1.29 is 9.18 Å². The molecule has 2 aromatic heterocycles. The minimum absolute atomic E-state index is 0.0346. The van der Waals surface area contributed by atoms with Crippen LogP contribution < -0.4 is 0 Å². The first kappa shape index (κ1) is 26.0. The van der Waals surface area contributed by atoms with Gasteiger partial charge >= 0.3 is 0 Å². The van der Waals surface area contributed by atoms with E-state index in [4.69, 9.17) is 0 Å². The van der Waals surface area contributed by atoms with Crippen LogP contribution in [-0.2, 0) is 4.79 Å². The Balaban J connectivity index is 1.24. The Morgan fingerprint density at radius 3 is 2.08 bits per heavy atom. The molecule has 1 aliphatic heterocycles. The Morgan fingerprint density at radius 1 is 0.800 bits per heavy atom. The number of benzene rings is 3. The number of amides is 1. The van der Waals surface area contributed by atoms with Gasteiger partial charge in [0.25, 0.3) is 0 Å². The van der Waals surface area contributed by atoms with Crippen LogP contribution in [0.2, 0.25) is 0 Å². The third-order valence-corrected chi connectivity index (χ3v) is 8.03. The fraction of sp³-hybridized carbons (Fsp3) is 0.235. The molecule has 0 bridgehead atoms. The highest BCUT2D eigenvalue weighted by Crippen LogP contribution is 2.33. The molecule has 0 aliphatic carbocycles. The maximum Gasteiger partial charge on any atom is 0.223 e. The standard InChI is InChI=1S/C34H33FN4O/c1-25-11-10-18-32-36-24-31(39(25)32)29(28-16-8-9-17-30(28)35)23-33(40)37-19-21-38(22-20-37)34(26-12-4-2-5-13-26)27-14-6-3-7-15-27/h2-18,24,29,34H,19-23H2,1H3. The molecule has 6 heteroatoms. The number of nitrogens with zero attached hydrogens (tertiary/aromatic N) is 4. The van der Waals surface area contributed by atoms with E-state index >= 15 is 4.39 Å². The summed E-state index contributed by atoms with van der Waals surface area (Å²) in [5.41, 5.74) is 5.64. The van der Waals surface area contributed by atoms with Crippen LogP contribution in [0.5, 0.6) is 0 Å². The second kappa shape index (κ2) is 11.4. The summed E-state index contributed by atoms with van der Waals surface area (Å²) in [7, 11) is 0. The Labute approximate surface area is 234 Å². The number of carbonyl (C=O) groups excluding carboxylic acids is 1. The summed E-state index contributed by atoms with van der Waals surface area (Å²) in [5, 5.41) is 0. The van der Waals surface area contributed by atoms with Gasteiger partial charge in [0.1, 0.15) is 11.5 Å². The molecule has 40 heavy (non-hydrogen) atoms. The molecule has 202 valence electrons. The molecule has 6 rings (SSSR count). The van der Waals surface area contributed by atoms with Gasteiger partial charge < -0.3 is 9.30 Å². The number of rotatable bonds is 7. The monoisotopic (exact) mass is 532 g/mol. The van der Waals surface area contributed by atoms with Gasteiger partial charge in [-0.25, -0.2) is 9.37 Å². The first-order chi connectivity index (χ1) is 19.6. The summed E-state index contributed by atoms with van der Waals surface area (Å²) in [6, 6.07) is 33.9. The lowest BCUT2D eigenvalue weighted by atomic mass is 9.91. The first-order valence-electron chi connectivity index (χ1n) is 13.9. The summed E-state index contributed by atoms with van der Waals surface area (Å²) in [5.74, 6) is -0.709. The molecule has 1 fully saturated rings. The number of pyridine rings is 1. The van der Waals surface area contributed by atoms with Gasteiger partial charge in [-0.2, -0.15) is 0 Å². The van der Waals surface area contributed by atoms with E-state index in [0.717, 1.165) is 30.1 Å². The summed E-state index contributed by atoms with van der Waals surface area (Å²) >= 11 is 0. The molecular weight excluding hydrogens is 499 g/mol. The fourth-order valence-electron chi connectivity index (χ4n) is 6.03. The van der Waals surface area contributed by atoms with Crippen LogP contribution in [-0.4, -0.2) is 51.3 Å². The second-order valence-corrected chi connectivity index (χ2v) is 10.5. The molecule has 0 radical (unpaired) electrons. The minimum atomic E-state index is -0.441. The van der Waals surface area contributed by atoms with Crippen molar-refractivity contribution in [2.45, 2.75) is 25.3 Å². The van der Waals surface area contributed by atoms with Crippen molar-refractivity contribution in [3.8, 4) is 0 Å². The van der Waals surface area contributed by atoms with Crippen molar-refractivity contribution in [3.05, 3.63) is 143 Å². The van der Waals surface area contributed by atoms with Gasteiger partial charge in [-0.3, -0.25) is 9.69 Å². The van der Waals surface area contributed by atoms with Gasteiger partial charge in [0, 0.05) is 50.4 Å². The topological polar surface area (TPSA) is 40.9 Å². The van der Waals surface area contributed by atoms with Crippen molar-refractivity contribution in [2.75, 3.05) is 26.2 Å². The van der Waals surface area contributed by atoms with Gasteiger partial charge in [-0.15, -0.1) is 0 Å². The van der Waals surface area contributed by atoms with Crippen LogP contribution in [0.4, 0.5) is 4.39 Å². The lowest BCUT2D eigenvalue weighted by molar-refractivity contribution is -0.133.